The maximum Gasteiger partial charge on any atom is 0.191 e. The van der Waals surface area contributed by atoms with Crippen LogP contribution in [0.1, 0.15) is 13.8 Å². The number of nitrogens with two attached hydrogens (primary N) is 1. The third kappa shape index (κ3) is 5.31. The Morgan fingerprint density at radius 2 is 2.38 bits per heavy atom. The zero-order chi connectivity index (χ0) is 11.3. The lowest BCUT2D eigenvalue weighted by atomic mass is 10.3. The highest BCUT2D eigenvalue weighted by molar-refractivity contribution is 14.0. The Balaban J connectivity index is 0.00000225. The molecule has 1 saturated heterocycles. The van der Waals surface area contributed by atoms with Crippen molar-refractivity contribution in [3.8, 4) is 0 Å². The topological polar surface area (TPSA) is 60.1 Å². The molecule has 0 aliphatic carbocycles. The Hall–Kier alpha value is -0.0800. The van der Waals surface area contributed by atoms with E-state index < -0.39 is 0 Å². The number of hydrogen-bond donors (Lipinski definition) is 1. The third-order valence-electron chi connectivity index (χ3n) is 2.48. The second-order valence-corrected chi connectivity index (χ2v) is 3.87. The summed E-state index contributed by atoms with van der Waals surface area (Å²) in [5.41, 5.74) is 5.88. The average Bonchev–Trinajstić information content (AvgIpc) is 2.25. The predicted molar refractivity (Wildman–Crippen MR) is 75.4 cm³/mol. The van der Waals surface area contributed by atoms with Gasteiger partial charge in [0, 0.05) is 20.2 Å². The average molecular weight is 343 g/mol. The molecule has 2 atom stereocenters. The molecule has 0 amide bonds. The summed E-state index contributed by atoms with van der Waals surface area (Å²) < 4.78 is 10.5. The maximum atomic E-state index is 5.88. The van der Waals surface area contributed by atoms with Gasteiger partial charge in [-0.1, -0.05) is 0 Å². The van der Waals surface area contributed by atoms with E-state index in [9.17, 15) is 0 Å². The highest BCUT2D eigenvalue weighted by Crippen LogP contribution is 2.03. The van der Waals surface area contributed by atoms with Crippen LogP contribution in [0.5, 0.6) is 0 Å². The molecule has 0 spiro atoms. The predicted octanol–water partition coefficient (Wildman–Crippen LogP) is 0.675. The summed E-state index contributed by atoms with van der Waals surface area (Å²) in [6, 6.07) is 0. The normalized spacial score (nSPS) is 23.8. The van der Waals surface area contributed by atoms with Gasteiger partial charge in [0.1, 0.15) is 0 Å². The minimum Gasteiger partial charge on any atom is -0.380 e. The van der Waals surface area contributed by atoms with Crippen LogP contribution in [0.15, 0.2) is 4.99 Å². The smallest absolute Gasteiger partial charge is 0.191 e. The van der Waals surface area contributed by atoms with Gasteiger partial charge in [-0.15, -0.1) is 24.0 Å². The van der Waals surface area contributed by atoms with Crippen molar-refractivity contribution < 1.29 is 9.47 Å². The Morgan fingerprint density at radius 1 is 1.69 bits per heavy atom. The van der Waals surface area contributed by atoms with E-state index in [2.05, 4.69) is 9.89 Å². The van der Waals surface area contributed by atoms with Crippen LogP contribution in [0.4, 0.5) is 0 Å². The number of methoxy groups -OCH3 is 1. The second kappa shape index (κ2) is 8.08. The summed E-state index contributed by atoms with van der Waals surface area (Å²) in [6.45, 7) is 6.97. The number of hydrogen-bond acceptors (Lipinski definition) is 3. The van der Waals surface area contributed by atoms with Crippen molar-refractivity contribution in [3.05, 3.63) is 0 Å². The first kappa shape index (κ1) is 15.9. The number of rotatable bonds is 3. The molecular weight excluding hydrogens is 321 g/mol. The van der Waals surface area contributed by atoms with E-state index in [0.717, 1.165) is 19.7 Å². The first-order valence-corrected chi connectivity index (χ1v) is 5.32. The molecule has 1 aliphatic rings. The van der Waals surface area contributed by atoms with E-state index in [1.54, 1.807) is 7.11 Å². The van der Waals surface area contributed by atoms with Crippen LogP contribution >= 0.6 is 24.0 Å². The fourth-order valence-electron chi connectivity index (χ4n) is 1.42. The lowest BCUT2D eigenvalue weighted by Gasteiger charge is -2.31. The van der Waals surface area contributed by atoms with Crippen LogP contribution in [0.2, 0.25) is 0 Å². The van der Waals surface area contributed by atoms with Gasteiger partial charge >= 0.3 is 0 Å². The van der Waals surface area contributed by atoms with E-state index in [0.29, 0.717) is 12.5 Å². The summed E-state index contributed by atoms with van der Waals surface area (Å²) in [5, 5.41) is 0. The number of nitrogens with zero attached hydrogens (tertiary/aromatic N) is 2. The van der Waals surface area contributed by atoms with Crippen molar-refractivity contribution in [1.29, 1.82) is 0 Å². The Bertz CT molecular complexity index is 226. The lowest BCUT2D eigenvalue weighted by Crippen LogP contribution is -2.48. The molecule has 0 aromatic carbocycles. The number of ether oxygens (including phenoxy) is 2. The van der Waals surface area contributed by atoms with Crippen molar-refractivity contribution in [2.75, 3.05) is 33.4 Å². The molecular formula is C10H22IN3O2. The maximum absolute atomic E-state index is 5.88. The van der Waals surface area contributed by atoms with Gasteiger partial charge in [0.05, 0.1) is 25.4 Å². The monoisotopic (exact) mass is 343 g/mol. The number of guanidine groups is 1. The molecule has 0 radical (unpaired) electrons. The summed E-state index contributed by atoms with van der Waals surface area (Å²) >= 11 is 0. The van der Waals surface area contributed by atoms with E-state index in [4.69, 9.17) is 15.2 Å². The molecule has 2 N–H and O–H groups in total. The fraction of sp³-hybridized carbons (Fsp3) is 0.900. The summed E-state index contributed by atoms with van der Waals surface area (Å²) in [7, 11) is 1.67. The van der Waals surface area contributed by atoms with Gasteiger partial charge in [0.15, 0.2) is 5.96 Å². The molecule has 16 heavy (non-hydrogen) atoms. The minimum absolute atomic E-state index is 0. The molecule has 0 aromatic heterocycles. The van der Waals surface area contributed by atoms with Gasteiger partial charge in [-0.3, -0.25) is 4.99 Å². The van der Waals surface area contributed by atoms with E-state index in [1.165, 1.54) is 0 Å². The molecule has 0 bridgehead atoms. The molecule has 5 nitrogen and oxygen atoms in total. The summed E-state index contributed by atoms with van der Waals surface area (Å²) in [6.07, 6.45) is 0.342. The quantitative estimate of drug-likeness (QED) is 0.465. The minimum atomic E-state index is 0. The molecule has 1 rings (SSSR count). The zero-order valence-corrected chi connectivity index (χ0v) is 12.5. The second-order valence-electron chi connectivity index (χ2n) is 3.87. The fourth-order valence-corrected chi connectivity index (χ4v) is 1.42. The highest BCUT2D eigenvalue weighted by atomic mass is 127. The van der Waals surface area contributed by atoms with Gasteiger partial charge in [-0.05, 0) is 13.8 Å². The van der Waals surface area contributed by atoms with Crippen molar-refractivity contribution >= 4 is 29.9 Å². The summed E-state index contributed by atoms with van der Waals surface area (Å²) in [5.74, 6) is 0.592. The molecule has 1 heterocycles. The Morgan fingerprint density at radius 3 is 2.94 bits per heavy atom. The molecule has 1 aliphatic heterocycles. The molecule has 2 unspecified atom stereocenters. The molecule has 1 fully saturated rings. The highest BCUT2D eigenvalue weighted by Gasteiger charge is 2.17. The van der Waals surface area contributed by atoms with Gasteiger partial charge in [-0.25, -0.2) is 0 Å². The van der Waals surface area contributed by atoms with Crippen LogP contribution < -0.4 is 5.73 Å². The van der Waals surface area contributed by atoms with Gasteiger partial charge in [-0.2, -0.15) is 0 Å². The third-order valence-corrected chi connectivity index (χ3v) is 2.48. The SMILES string of the molecule is COC(C)CN=C(N)N1CCOC(C)C1.I. The van der Waals surface area contributed by atoms with E-state index in [-0.39, 0.29) is 36.2 Å². The van der Waals surface area contributed by atoms with Crippen LogP contribution in [0.3, 0.4) is 0 Å². The van der Waals surface area contributed by atoms with E-state index in [1.807, 2.05) is 13.8 Å². The van der Waals surface area contributed by atoms with E-state index >= 15 is 0 Å². The van der Waals surface area contributed by atoms with Gasteiger partial charge in [0.25, 0.3) is 0 Å². The van der Waals surface area contributed by atoms with Crippen molar-refractivity contribution in [1.82, 2.24) is 4.90 Å². The molecule has 0 saturated carbocycles. The Kier molecular flexibility index (Phi) is 8.04. The van der Waals surface area contributed by atoms with Crippen LogP contribution in [0.25, 0.3) is 0 Å². The largest absolute Gasteiger partial charge is 0.380 e. The molecule has 96 valence electrons. The van der Waals surface area contributed by atoms with Crippen molar-refractivity contribution in [3.63, 3.8) is 0 Å². The molecule has 0 aromatic rings. The van der Waals surface area contributed by atoms with Crippen LogP contribution in [-0.4, -0.2) is 56.4 Å². The van der Waals surface area contributed by atoms with Crippen LogP contribution in [-0.2, 0) is 9.47 Å². The first-order valence-electron chi connectivity index (χ1n) is 5.32. The standard InChI is InChI=1S/C10H21N3O2.HI/c1-8(14-3)6-12-10(11)13-4-5-15-9(2)7-13;/h8-9H,4-7H2,1-3H3,(H2,11,12);1H. The first-order chi connectivity index (χ1) is 7.13. The summed E-state index contributed by atoms with van der Waals surface area (Å²) in [4.78, 5) is 6.34. The zero-order valence-electron chi connectivity index (χ0n) is 10.2. The number of morpholine rings is 1. The van der Waals surface area contributed by atoms with Gasteiger partial charge in [0.2, 0.25) is 0 Å². The van der Waals surface area contributed by atoms with Crippen molar-refractivity contribution in [2.24, 2.45) is 10.7 Å². The van der Waals surface area contributed by atoms with Gasteiger partial charge < -0.3 is 20.1 Å². The van der Waals surface area contributed by atoms with Crippen molar-refractivity contribution in [2.45, 2.75) is 26.1 Å². The molecule has 6 heteroatoms. The Labute approximate surface area is 114 Å². The number of aliphatic imine (C=N–C) groups is 1. The number of halogens is 1. The van der Waals surface area contributed by atoms with Crippen LogP contribution in [0, 0.1) is 0 Å². The lowest BCUT2D eigenvalue weighted by molar-refractivity contribution is 0.00520.